The Hall–Kier alpha value is -2.62. The number of benzene rings is 2. The van der Waals surface area contributed by atoms with Gasteiger partial charge in [-0.2, -0.15) is 4.99 Å². The summed E-state index contributed by atoms with van der Waals surface area (Å²) in [6, 6.07) is 10.6. The van der Waals surface area contributed by atoms with Gasteiger partial charge < -0.3 is 9.30 Å². The van der Waals surface area contributed by atoms with Crippen LogP contribution in [0.5, 0.6) is 5.75 Å². The standard InChI is InChI=1S/C19H18ClN3O4S2/c1-22-10-11-28-19(22)21-18(24)16-12-15(8-9-17(16)20)29(25,26)23(2)13-4-6-14(27-3)7-5-13/h4-12H,1-3H3. The molecule has 0 fully saturated rings. The van der Waals surface area contributed by atoms with E-state index in [-0.39, 0.29) is 15.5 Å². The number of ether oxygens (including phenoxy) is 1. The van der Waals surface area contributed by atoms with Gasteiger partial charge in [0.25, 0.3) is 15.9 Å². The number of hydrogen-bond donors (Lipinski definition) is 0. The topological polar surface area (TPSA) is 81.0 Å². The van der Waals surface area contributed by atoms with Crippen molar-refractivity contribution in [2.75, 3.05) is 18.5 Å². The summed E-state index contributed by atoms with van der Waals surface area (Å²) < 4.78 is 34.0. The fourth-order valence-corrected chi connectivity index (χ4v) is 4.65. The number of sulfonamides is 1. The van der Waals surface area contributed by atoms with Gasteiger partial charge >= 0.3 is 0 Å². The third-order valence-electron chi connectivity index (χ3n) is 4.22. The van der Waals surface area contributed by atoms with Gasteiger partial charge in [-0.1, -0.05) is 11.6 Å². The van der Waals surface area contributed by atoms with Crippen molar-refractivity contribution in [2.45, 2.75) is 4.90 Å². The summed E-state index contributed by atoms with van der Waals surface area (Å²) in [6.45, 7) is 0. The van der Waals surface area contributed by atoms with Crippen molar-refractivity contribution in [1.82, 2.24) is 4.57 Å². The Balaban J connectivity index is 1.99. The van der Waals surface area contributed by atoms with Crippen LogP contribution in [0.15, 0.2) is 63.9 Å². The minimum Gasteiger partial charge on any atom is -0.497 e. The molecule has 152 valence electrons. The number of amides is 1. The maximum Gasteiger partial charge on any atom is 0.281 e. The lowest BCUT2D eigenvalue weighted by atomic mass is 10.2. The monoisotopic (exact) mass is 451 g/mol. The van der Waals surface area contributed by atoms with Crippen molar-refractivity contribution in [3.8, 4) is 5.75 Å². The van der Waals surface area contributed by atoms with Crippen LogP contribution >= 0.6 is 22.9 Å². The highest BCUT2D eigenvalue weighted by Gasteiger charge is 2.24. The van der Waals surface area contributed by atoms with E-state index in [0.29, 0.717) is 16.2 Å². The third-order valence-corrected chi connectivity index (χ3v) is 7.18. The Bertz CT molecular complexity index is 1210. The molecule has 29 heavy (non-hydrogen) atoms. The second-order valence-electron chi connectivity index (χ2n) is 6.03. The van der Waals surface area contributed by atoms with Gasteiger partial charge in [-0.25, -0.2) is 8.42 Å². The van der Waals surface area contributed by atoms with Crippen LogP contribution in [-0.4, -0.2) is 33.0 Å². The molecular formula is C19H18ClN3O4S2. The number of nitrogens with zero attached hydrogens (tertiary/aromatic N) is 3. The minimum atomic E-state index is -3.92. The average molecular weight is 452 g/mol. The molecule has 7 nitrogen and oxygen atoms in total. The number of thiazole rings is 1. The van der Waals surface area contributed by atoms with Crippen LogP contribution in [0.1, 0.15) is 10.4 Å². The summed E-state index contributed by atoms with van der Waals surface area (Å²) in [4.78, 5) is 17.0. The normalized spacial score (nSPS) is 12.1. The molecule has 2 aromatic carbocycles. The van der Waals surface area contributed by atoms with Crippen molar-refractivity contribution in [3.05, 3.63) is 69.4 Å². The van der Waals surface area contributed by atoms with Gasteiger partial charge in [0, 0.05) is 25.7 Å². The molecule has 0 unspecified atom stereocenters. The Morgan fingerprint density at radius 3 is 2.48 bits per heavy atom. The van der Waals surface area contributed by atoms with Crippen LogP contribution in [0.3, 0.4) is 0 Å². The summed E-state index contributed by atoms with van der Waals surface area (Å²) >= 11 is 7.43. The molecule has 1 amide bonds. The molecule has 0 aliphatic rings. The Labute approximate surface area is 177 Å². The quantitative estimate of drug-likeness (QED) is 0.596. The number of aryl methyl sites for hydroxylation is 1. The van der Waals surface area contributed by atoms with E-state index in [1.165, 1.54) is 43.7 Å². The first-order valence-corrected chi connectivity index (χ1v) is 11.1. The molecule has 0 aliphatic carbocycles. The first-order valence-electron chi connectivity index (χ1n) is 8.36. The van der Waals surface area contributed by atoms with Crippen LogP contribution in [0.4, 0.5) is 5.69 Å². The zero-order valence-electron chi connectivity index (χ0n) is 15.9. The van der Waals surface area contributed by atoms with Crippen LogP contribution in [0.25, 0.3) is 0 Å². The number of aromatic nitrogens is 1. The summed E-state index contributed by atoms with van der Waals surface area (Å²) in [5.74, 6) is -0.000485. The van der Waals surface area contributed by atoms with Crippen molar-refractivity contribution >= 4 is 44.6 Å². The molecule has 0 bridgehead atoms. The van der Waals surface area contributed by atoms with Crippen molar-refractivity contribution in [2.24, 2.45) is 12.0 Å². The molecule has 3 aromatic rings. The number of halogens is 1. The van der Waals surface area contributed by atoms with Gasteiger partial charge in [0.1, 0.15) is 5.75 Å². The van der Waals surface area contributed by atoms with E-state index >= 15 is 0 Å². The van der Waals surface area contributed by atoms with E-state index in [2.05, 4.69) is 4.99 Å². The lowest BCUT2D eigenvalue weighted by Crippen LogP contribution is -2.26. The first-order chi connectivity index (χ1) is 13.7. The summed E-state index contributed by atoms with van der Waals surface area (Å²) in [5.41, 5.74) is 0.466. The zero-order valence-corrected chi connectivity index (χ0v) is 18.3. The first kappa shape index (κ1) is 21.1. The van der Waals surface area contributed by atoms with Gasteiger partial charge in [-0.3, -0.25) is 9.10 Å². The Morgan fingerprint density at radius 1 is 1.21 bits per heavy atom. The molecule has 0 saturated heterocycles. The second kappa shape index (κ2) is 8.40. The van der Waals surface area contributed by atoms with Crippen LogP contribution < -0.4 is 13.8 Å². The van der Waals surface area contributed by atoms with Gasteiger partial charge in [0.15, 0.2) is 4.80 Å². The summed E-state index contributed by atoms with van der Waals surface area (Å²) in [6.07, 6.45) is 1.77. The molecule has 0 radical (unpaired) electrons. The van der Waals surface area contributed by atoms with Gasteiger partial charge in [0.2, 0.25) is 0 Å². The summed E-state index contributed by atoms with van der Waals surface area (Å²) in [7, 11) is 0.806. The van der Waals surface area contributed by atoms with Crippen molar-refractivity contribution in [3.63, 3.8) is 0 Å². The number of carbonyl (C=O) groups is 1. The maximum absolute atomic E-state index is 13.1. The average Bonchev–Trinajstić information content (AvgIpc) is 3.12. The number of rotatable bonds is 5. The van der Waals surface area contributed by atoms with Gasteiger partial charge in [-0.15, -0.1) is 11.3 Å². The number of carbonyl (C=O) groups excluding carboxylic acids is 1. The van der Waals surface area contributed by atoms with E-state index < -0.39 is 15.9 Å². The van der Waals surface area contributed by atoms with Crippen LogP contribution in [0.2, 0.25) is 5.02 Å². The molecule has 3 rings (SSSR count). The van der Waals surface area contributed by atoms with Crippen LogP contribution in [0, 0.1) is 0 Å². The summed E-state index contributed by atoms with van der Waals surface area (Å²) in [5, 5.41) is 1.92. The molecule has 10 heteroatoms. The van der Waals surface area contributed by atoms with Crippen molar-refractivity contribution in [1.29, 1.82) is 0 Å². The van der Waals surface area contributed by atoms with E-state index in [1.807, 2.05) is 0 Å². The van der Waals surface area contributed by atoms with E-state index in [0.717, 1.165) is 4.31 Å². The van der Waals surface area contributed by atoms with E-state index in [9.17, 15) is 13.2 Å². The molecule has 0 saturated carbocycles. The number of anilines is 1. The fourth-order valence-electron chi connectivity index (χ4n) is 2.50. The Morgan fingerprint density at radius 2 is 1.90 bits per heavy atom. The Kier molecular flexibility index (Phi) is 6.11. The highest BCUT2D eigenvalue weighted by Crippen LogP contribution is 2.27. The lowest BCUT2D eigenvalue weighted by molar-refractivity contribution is 0.0998. The predicted molar refractivity (Wildman–Crippen MR) is 113 cm³/mol. The predicted octanol–water partition coefficient (Wildman–Crippen LogP) is 3.31. The molecule has 1 aromatic heterocycles. The van der Waals surface area contributed by atoms with E-state index in [4.69, 9.17) is 16.3 Å². The van der Waals surface area contributed by atoms with E-state index in [1.54, 1.807) is 47.5 Å². The molecule has 0 spiro atoms. The van der Waals surface area contributed by atoms with Crippen LogP contribution in [-0.2, 0) is 17.1 Å². The number of hydrogen-bond acceptors (Lipinski definition) is 5. The van der Waals surface area contributed by atoms with Gasteiger partial charge in [-0.05, 0) is 42.5 Å². The lowest BCUT2D eigenvalue weighted by Gasteiger charge is -2.20. The zero-order chi connectivity index (χ0) is 21.2. The highest BCUT2D eigenvalue weighted by molar-refractivity contribution is 7.92. The van der Waals surface area contributed by atoms with Gasteiger partial charge in [0.05, 0.1) is 28.3 Å². The molecular weight excluding hydrogens is 434 g/mol. The molecule has 1 heterocycles. The van der Waals surface area contributed by atoms with Crippen molar-refractivity contribution < 1.29 is 17.9 Å². The second-order valence-corrected chi connectivity index (χ2v) is 9.28. The minimum absolute atomic E-state index is 0.0178. The smallest absolute Gasteiger partial charge is 0.281 e. The third kappa shape index (κ3) is 4.36. The molecule has 0 aliphatic heterocycles. The number of methoxy groups -OCH3 is 1. The maximum atomic E-state index is 13.1. The molecule has 0 N–H and O–H groups in total. The SMILES string of the molecule is COc1ccc(N(C)S(=O)(=O)c2ccc(Cl)c(C(=O)N=c3sccn3C)c2)cc1. The fraction of sp³-hybridized carbons (Fsp3) is 0.158. The highest BCUT2D eigenvalue weighted by atomic mass is 35.5. The molecule has 0 atom stereocenters. The largest absolute Gasteiger partial charge is 0.497 e.